The van der Waals surface area contributed by atoms with E-state index in [1.165, 1.54) is 11.3 Å². The molecular weight excluding hydrogens is 398 g/mol. The SMILES string of the molecule is COc1ccc2nc(NC(=O)c3ccc(NC(=O)Cc4ccccc4)cc3)sc2c1. The van der Waals surface area contributed by atoms with Crippen molar-refractivity contribution in [3.8, 4) is 5.75 Å². The highest BCUT2D eigenvalue weighted by Gasteiger charge is 2.11. The summed E-state index contributed by atoms with van der Waals surface area (Å²) in [5.41, 5.74) is 2.86. The molecule has 0 saturated heterocycles. The highest BCUT2D eigenvalue weighted by Crippen LogP contribution is 2.29. The number of amides is 2. The lowest BCUT2D eigenvalue weighted by atomic mass is 10.1. The molecule has 0 radical (unpaired) electrons. The maximum absolute atomic E-state index is 12.5. The number of benzene rings is 3. The number of methoxy groups -OCH3 is 1. The van der Waals surface area contributed by atoms with Gasteiger partial charge in [0.15, 0.2) is 5.13 Å². The lowest BCUT2D eigenvalue weighted by molar-refractivity contribution is -0.115. The highest BCUT2D eigenvalue weighted by atomic mass is 32.1. The van der Waals surface area contributed by atoms with E-state index in [4.69, 9.17) is 4.74 Å². The molecule has 30 heavy (non-hydrogen) atoms. The molecule has 0 fully saturated rings. The molecule has 0 atom stereocenters. The zero-order valence-electron chi connectivity index (χ0n) is 16.2. The molecule has 1 aromatic heterocycles. The van der Waals surface area contributed by atoms with Gasteiger partial charge in [-0.05, 0) is 48.0 Å². The number of hydrogen-bond acceptors (Lipinski definition) is 5. The Morgan fingerprint density at radius 2 is 1.73 bits per heavy atom. The largest absolute Gasteiger partial charge is 0.497 e. The smallest absolute Gasteiger partial charge is 0.257 e. The number of carbonyl (C=O) groups excluding carboxylic acids is 2. The summed E-state index contributed by atoms with van der Waals surface area (Å²) in [4.78, 5) is 29.1. The van der Waals surface area contributed by atoms with Gasteiger partial charge in [0.25, 0.3) is 5.91 Å². The number of aromatic nitrogens is 1. The van der Waals surface area contributed by atoms with Crippen molar-refractivity contribution in [2.45, 2.75) is 6.42 Å². The Kier molecular flexibility index (Phi) is 5.72. The third kappa shape index (κ3) is 4.64. The van der Waals surface area contributed by atoms with Gasteiger partial charge in [-0.25, -0.2) is 4.98 Å². The summed E-state index contributed by atoms with van der Waals surface area (Å²) in [5.74, 6) is 0.375. The summed E-state index contributed by atoms with van der Waals surface area (Å²) >= 11 is 1.38. The molecule has 0 bridgehead atoms. The molecule has 1 heterocycles. The van der Waals surface area contributed by atoms with E-state index in [9.17, 15) is 9.59 Å². The van der Waals surface area contributed by atoms with Crippen LogP contribution in [0.5, 0.6) is 5.75 Å². The van der Waals surface area contributed by atoms with Gasteiger partial charge in [0, 0.05) is 11.3 Å². The van der Waals surface area contributed by atoms with Gasteiger partial charge in [0.05, 0.1) is 23.7 Å². The van der Waals surface area contributed by atoms with Gasteiger partial charge in [-0.15, -0.1) is 0 Å². The molecule has 0 aliphatic rings. The van der Waals surface area contributed by atoms with Crippen LogP contribution in [0, 0.1) is 0 Å². The Morgan fingerprint density at radius 3 is 2.47 bits per heavy atom. The summed E-state index contributed by atoms with van der Waals surface area (Å²) in [5, 5.41) is 6.18. The molecule has 4 aromatic rings. The average Bonchev–Trinajstić information content (AvgIpc) is 3.16. The number of fused-ring (bicyclic) bond motifs is 1. The summed E-state index contributed by atoms with van der Waals surface area (Å²) in [7, 11) is 1.61. The second kappa shape index (κ2) is 8.75. The fraction of sp³-hybridized carbons (Fsp3) is 0.0870. The van der Waals surface area contributed by atoms with Crippen molar-refractivity contribution < 1.29 is 14.3 Å². The van der Waals surface area contributed by atoms with Gasteiger partial charge in [0.1, 0.15) is 5.75 Å². The van der Waals surface area contributed by atoms with Crippen molar-refractivity contribution in [3.63, 3.8) is 0 Å². The van der Waals surface area contributed by atoms with E-state index in [0.29, 0.717) is 22.8 Å². The minimum absolute atomic E-state index is 0.108. The second-order valence-electron chi connectivity index (χ2n) is 6.59. The molecule has 0 spiro atoms. The first-order chi connectivity index (χ1) is 14.6. The van der Waals surface area contributed by atoms with Crippen LogP contribution in [0.4, 0.5) is 10.8 Å². The monoisotopic (exact) mass is 417 g/mol. The second-order valence-corrected chi connectivity index (χ2v) is 7.63. The molecule has 7 heteroatoms. The van der Waals surface area contributed by atoms with E-state index in [1.54, 1.807) is 31.4 Å². The van der Waals surface area contributed by atoms with Gasteiger partial charge < -0.3 is 10.1 Å². The van der Waals surface area contributed by atoms with Gasteiger partial charge in [-0.1, -0.05) is 41.7 Å². The predicted octanol–water partition coefficient (Wildman–Crippen LogP) is 4.74. The minimum Gasteiger partial charge on any atom is -0.497 e. The Balaban J connectivity index is 1.38. The number of nitrogens with one attached hydrogen (secondary N) is 2. The third-order valence-electron chi connectivity index (χ3n) is 4.45. The number of rotatable bonds is 6. The molecule has 0 unspecified atom stereocenters. The summed E-state index contributed by atoms with van der Waals surface area (Å²) in [6.07, 6.45) is 0.297. The first-order valence-corrected chi connectivity index (χ1v) is 10.1. The number of carbonyl (C=O) groups is 2. The standard InChI is InChI=1S/C23H19N3O3S/c1-29-18-11-12-19-20(14-18)30-23(25-19)26-22(28)16-7-9-17(10-8-16)24-21(27)13-15-5-3-2-4-6-15/h2-12,14H,13H2,1H3,(H,24,27)(H,25,26,28). The summed E-state index contributed by atoms with van der Waals surface area (Å²) in [6.45, 7) is 0. The van der Waals surface area contributed by atoms with E-state index in [-0.39, 0.29) is 11.8 Å². The highest BCUT2D eigenvalue weighted by molar-refractivity contribution is 7.22. The molecule has 0 saturated carbocycles. The molecule has 6 nitrogen and oxygen atoms in total. The van der Waals surface area contributed by atoms with Crippen LogP contribution in [0.3, 0.4) is 0 Å². The summed E-state index contributed by atoms with van der Waals surface area (Å²) < 4.78 is 6.15. The zero-order chi connectivity index (χ0) is 20.9. The lowest BCUT2D eigenvalue weighted by Crippen LogP contribution is -2.15. The quantitative estimate of drug-likeness (QED) is 0.475. The maximum Gasteiger partial charge on any atom is 0.257 e. The van der Waals surface area contributed by atoms with E-state index < -0.39 is 0 Å². The Labute approximate surface area is 177 Å². The van der Waals surface area contributed by atoms with Crippen molar-refractivity contribution in [2.75, 3.05) is 17.7 Å². The third-order valence-corrected chi connectivity index (χ3v) is 5.39. The summed E-state index contributed by atoms with van der Waals surface area (Å²) in [6, 6.07) is 21.9. The van der Waals surface area contributed by atoms with Crippen LogP contribution in [-0.2, 0) is 11.2 Å². The molecule has 0 aliphatic heterocycles. The van der Waals surface area contributed by atoms with E-state index in [1.807, 2.05) is 48.5 Å². The van der Waals surface area contributed by atoms with Gasteiger partial charge in [-0.2, -0.15) is 0 Å². The Hall–Kier alpha value is -3.71. The fourth-order valence-electron chi connectivity index (χ4n) is 2.95. The van der Waals surface area contributed by atoms with Crippen LogP contribution in [0.1, 0.15) is 15.9 Å². The van der Waals surface area contributed by atoms with Crippen molar-refractivity contribution in [1.82, 2.24) is 4.98 Å². The normalized spacial score (nSPS) is 10.6. The fourth-order valence-corrected chi connectivity index (χ4v) is 3.84. The zero-order valence-corrected chi connectivity index (χ0v) is 17.0. The lowest BCUT2D eigenvalue weighted by Gasteiger charge is -2.07. The van der Waals surface area contributed by atoms with Crippen LogP contribution < -0.4 is 15.4 Å². The minimum atomic E-state index is -0.261. The number of anilines is 2. The van der Waals surface area contributed by atoms with Gasteiger partial charge >= 0.3 is 0 Å². The van der Waals surface area contributed by atoms with Crippen LogP contribution in [0.15, 0.2) is 72.8 Å². The van der Waals surface area contributed by atoms with Crippen LogP contribution in [0.2, 0.25) is 0 Å². The Bertz CT molecular complexity index is 1190. The maximum atomic E-state index is 12.5. The van der Waals surface area contributed by atoms with Crippen molar-refractivity contribution in [3.05, 3.63) is 83.9 Å². The molecule has 2 N–H and O–H groups in total. The molecule has 2 amide bonds. The average molecular weight is 417 g/mol. The van der Waals surface area contributed by atoms with Crippen molar-refractivity contribution >= 4 is 44.2 Å². The number of nitrogens with zero attached hydrogens (tertiary/aromatic N) is 1. The van der Waals surface area contributed by atoms with Gasteiger partial charge in [0.2, 0.25) is 5.91 Å². The number of hydrogen-bond donors (Lipinski definition) is 2. The topological polar surface area (TPSA) is 80.3 Å². The van der Waals surface area contributed by atoms with Gasteiger partial charge in [-0.3, -0.25) is 14.9 Å². The van der Waals surface area contributed by atoms with E-state index in [0.717, 1.165) is 21.5 Å². The van der Waals surface area contributed by atoms with Crippen molar-refractivity contribution in [2.24, 2.45) is 0 Å². The first kappa shape index (κ1) is 19.6. The predicted molar refractivity (Wildman–Crippen MR) is 119 cm³/mol. The molecular formula is C23H19N3O3S. The molecule has 150 valence electrons. The van der Waals surface area contributed by atoms with Crippen molar-refractivity contribution in [1.29, 1.82) is 0 Å². The van der Waals surface area contributed by atoms with E-state index >= 15 is 0 Å². The van der Waals surface area contributed by atoms with Crippen LogP contribution in [-0.4, -0.2) is 23.9 Å². The Morgan fingerprint density at radius 1 is 0.967 bits per heavy atom. The van der Waals surface area contributed by atoms with Crippen LogP contribution >= 0.6 is 11.3 Å². The molecule has 4 rings (SSSR count). The van der Waals surface area contributed by atoms with Crippen LogP contribution in [0.25, 0.3) is 10.2 Å². The number of ether oxygens (including phenoxy) is 1. The number of thiazole rings is 1. The van der Waals surface area contributed by atoms with E-state index in [2.05, 4.69) is 15.6 Å². The first-order valence-electron chi connectivity index (χ1n) is 9.30. The molecule has 0 aliphatic carbocycles. The molecule has 3 aromatic carbocycles.